The van der Waals surface area contributed by atoms with Crippen molar-refractivity contribution in [2.45, 2.75) is 19.3 Å². The molecule has 0 spiro atoms. The molecule has 1 aromatic rings. The maximum atomic E-state index is 11.1. The summed E-state index contributed by atoms with van der Waals surface area (Å²) < 4.78 is 15.7. The smallest absolute Gasteiger partial charge is 0.471 e. The number of carbonyl (C=O) groups is 1. The largest absolute Gasteiger partial charge is 0.485 e. The summed E-state index contributed by atoms with van der Waals surface area (Å²) in [6.07, 6.45) is 2.94. The van der Waals surface area contributed by atoms with E-state index in [4.69, 9.17) is 10.00 Å². The van der Waals surface area contributed by atoms with E-state index >= 15 is 0 Å². The van der Waals surface area contributed by atoms with Crippen LogP contribution in [0.3, 0.4) is 0 Å². The first kappa shape index (κ1) is 11.2. The molecule has 1 aliphatic carbocycles. The summed E-state index contributed by atoms with van der Waals surface area (Å²) in [5.74, 6) is 0.133. The molecule has 0 aliphatic heterocycles. The number of hydrogen-bond donors (Lipinski definition) is 2. The lowest BCUT2D eigenvalue weighted by molar-refractivity contribution is 0.209. The summed E-state index contributed by atoms with van der Waals surface area (Å²) >= 11 is 0. The number of benzene rings is 1. The van der Waals surface area contributed by atoms with Crippen molar-refractivity contribution in [1.29, 1.82) is 0 Å². The van der Waals surface area contributed by atoms with Gasteiger partial charge in [0.05, 0.1) is 0 Å². The Morgan fingerprint density at radius 2 is 2.00 bits per heavy atom. The highest BCUT2D eigenvalue weighted by Gasteiger charge is 2.32. The molecule has 0 radical (unpaired) electrons. The van der Waals surface area contributed by atoms with Crippen molar-refractivity contribution in [3.8, 4) is 5.75 Å². The first-order chi connectivity index (χ1) is 7.49. The molecule has 0 heterocycles. The minimum absolute atomic E-state index is 0.133. The van der Waals surface area contributed by atoms with Gasteiger partial charge in [0.15, 0.2) is 0 Å². The molecular weight excluding hydrogens is 231 g/mol. The van der Waals surface area contributed by atoms with Gasteiger partial charge in [0.2, 0.25) is 0 Å². The van der Waals surface area contributed by atoms with Gasteiger partial charge in [-0.2, -0.15) is 0 Å². The molecule has 0 bridgehead atoms. The first-order valence-corrected chi connectivity index (χ1v) is 6.44. The molecule has 2 rings (SSSR count). The molecule has 0 fully saturated rings. The molecule has 16 heavy (non-hydrogen) atoms. The van der Waals surface area contributed by atoms with E-state index in [-0.39, 0.29) is 5.75 Å². The summed E-state index contributed by atoms with van der Waals surface area (Å²) in [5, 5.41) is 8.46. The van der Waals surface area contributed by atoms with Crippen LogP contribution in [0.2, 0.25) is 0 Å². The van der Waals surface area contributed by atoms with Crippen LogP contribution >= 0.6 is 7.60 Å². The average molecular weight is 242 g/mol. The normalized spacial score (nSPS) is 17.6. The number of aryl methyl sites for hydroxylation is 2. The third kappa shape index (κ3) is 2.10. The van der Waals surface area contributed by atoms with Crippen LogP contribution in [0.4, 0.5) is 4.79 Å². The average Bonchev–Trinajstić information content (AvgIpc) is 2.63. The molecule has 0 amide bonds. The quantitative estimate of drug-likeness (QED) is 0.795. The van der Waals surface area contributed by atoms with Crippen LogP contribution in [0.1, 0.15) is 17.5 Å². The standard InChI is InChI=1S/C10H11O5P/c11-10(12)16(13,14)15-9-5-4-7-2-1-3-8(7)6-9/h4-6H,1-3H2,(H,11,12)(H,13,14). The Kier molecular flexibility index (Phi) is 2.74. The predicted molar refractivity (Wildman–Crippen MR) is 56.9 cm³/mol. The molecule has 86 valence electrons. The second-order valence-corrected chi connectivity index (χ2v) is 5.28. The fourth-order valence-electron chi connectivity index (χ4n) is 1.79. The minimum Gasteiger partial charge on any atom is -0.471 e. The van der Waals surface area contributed by atoms with E-state index in [0.29, 0.717) is 0 Å². The van der Waals surface area contributed by atoms with Crippen molar-refractivity contribution in [1.82, 2.24) is 0 Å². The highest BCUT2D eigenvalue weighted by molar-refractivity contribution is 7.70. The SMILES string of the molecule is O=C(O)P(=O)(O)Oc1ccc2c(c1)CCC2. The molecule has 0 aromatic heterocycles. The molecule has 0 saturated heterocycles. The highest BCUT2D eigenvalue weighted by Crippen LogP contribution is 2.43. The zero-order valence-corrected chi connectivity index (χ0v) is 9.31. The van der Waals surface area contributed by atoms with Crippen LogP contribution in [0.5, 0.6) is 5.75 Å². The first-order valence-electron chi connectivity index (χ1n) is 4.87. The zero-order chi connectivity index (χ0) is 11.8. The van der Waals surface area contributed by atoms with Gasteiger partial charge in [0.1, 0.15) is 5.75 Å². The van der Waals surface area contributed by atoms with E-state index in [0.717, 1.165) is 24.8 Å². The van der Waals surface area contributed by atoms with Crippen LogP contribution in [-0.2, 0) is 17.4 Å². The summed E-state index contributed by atoms with van der Waals surface area (Å²) in [7, 11) is -4.59. The topological polar surface area (TPSA) is 83.8 Å². The van der Waals surface area contributed by atoms with Crippen molar-refractivity contribution in [2.75, 3.05) is 0 Å². The lowest BCUT2D eigenvalue weighted by Crippen LogP contribution is -2.02. The van der Waals surface area contributed by atoms with Crippen LogP contribution in [0.15, 0.2) is 18.2 Å². The molecule has 1 unspecified atom stereocenters. The Hall–Kier alpha value is -1.32. The Bertz CT molecular complexity index is 482. The number of rotatable bonds is 3. The van der Waals surface area contributed by atoms with Crippen LogP contribution in [0, 0.1) is 0 Å². The third-order valence-electron chi connectivity index (χ3n) is 2.54. The lowest BCUT2D eigenvalue weighted by atomic mass is 10.1. The molecule has 0 saturated carbocycles. The maximum absolute atomic E-state index is 11.1. The van der Waals surface area contributed by atoms with E-state index in [2.05, 4.69) is 4.52 Å². The van der Waals surface area contributed by atoms with Crippen molar-refractivity contribution in [3.63, 3.8) is 0 Å². The predicted octanol–water partition coefficient (Wildman–Crippen LogP) is 2.42. The summed E-state index contributed by atoms with van der Waals surface area (Å²) in [5.41, 5.74) is 0.409. The molecule has 1 aliphatic rings. The fourth-order valence-corrected chi connectivity index (χ4v) is 2.26. The zero-order valence-electron chi connectivity index (χ0n) is 8.42. The molecular formula is C10H11O5P. The Labute approximate surface area is 92.2 Å². The van der Waals surface area contributed by atoms with Crippen LogP contribution in [-0.4, -0.2) is 15.7 Å². The Balaban J connectivity index is 2.23. The van der Waals surface area contributed by atoms with Gasteiger partial charge in [0.25, 0.3) is 0 Å². The van der Waals surface area contributed by atoms with Gasteiger partial charge in [-0.15, -0.1) is 0 Å². The Morgan fingerprint density at radius 3 is 2.69 bits per heavy atom. The van der Waals surface area contributed by atoms with E-state index in [1.165, 1.54) is 11.6 Å². The van der Waals surface area contributed by atoms with Gasteiger partial charge in [-0.25, -0.2) is 9.36 Å². The van der Waals surface area contributed by atoms with Crippen LogP contribution in [0.25, 0.3) is 0 Å². The Morgan fingerprint density at radius 1 is 1.31 bits per heavy atom. The monoisotopic (exact) mass is 242 g/mol. The second kappa shape index (κ2) is 3.92. The third-order valence-corrected chi connectivity index (χ3v) is 3.48. The van der Waals surface area contributed by atoms with Crippen LogP contribution < -0.4 is 4.52 Å². The summed E-state index contributed by atoms with van der Waals surface area (Å²) in [4.78, 5) is 19.4. The number of fused-ring (bicyclic) bond motifs is 1. The maximum Gasteiger partial charge on any atom is 0.485 e. The van der Waals surface area contributed by atoms with Gasteiger partial charge in [-0.1, -0.05) is 6.07 Å². The van der Waals surface area contributed by atoms with E-state index < -0.39 is 13.3 Å². The van der Waals surface area contributed by atoms with E-state index in [1.54, 1.807) is 12.1 Å². The number of carboxylic acid groups (broad SMARTS) is 1. The van der Waals surface area contributed by atoms with Gasteiger partial charge < -0.3 is 14.5 Å². The molecule has 1 atom stereocenters. The molecule has 2 N–H and O–H groups in total. The summed E-state index contributed by atoms with van der Waals surface area (Å²) in [6.45, 7) is 0. The van der Waals surface area contributed by atoms with Gasteiger partial charge in [-0.3, -0.25) is 0 Å². The summed E-state index contributed by atoms with van der Waals surface area (Å²) in [6, 6.07) is 4.96. The molecule has 5 nitrogen and oxygen atoms in total. The molecule has 1 aromatic carbocycles. The van der Waals surface area contributed by atoms with Crippen molar-refractivity contribution >= 4 is 13.3 Å². The van der Waals surface area contributed by atoms with Crippen molar-refractivity contribution < 1.29 is 23.9 Å². The number of hydrogen-bond acceptors (Lipinski definition) is 3. The van der Waals surface area contributed by atoms with E-state index in [1.807, 2.05) is 0 Å². The second-order valence-electron chi connectivity index (χ2n) is 3.68. The minimum atomic E-state index is -4.59. The molecule has 6 heteroatoms. The highest BCUT2D eigenvalue weighted by atomic mass is 31.2. The fraction of sp³-hybridized carbons (Fsp3) is 0.300. The van der Waals surface area contributed by atoms with E-state index in [9.17, 15) is 9.36 Å². The van der Waals surface area contributed by atoms with Gasteiger partial charge >= 0.3 is 13.3 Å². The van der Waals surface area contributed by atoms with Gasteiger partial charge in [0, 0.05) is 0 Å². The lowest BCUT2D eigenvalue weighted by Gasteiger charge is -2.10. The van der Waals surface area contributed by atoms with Gasteiger partial charge in [-0.05, 0) is 42.5 Å². The van der Waals surface area contributed by atoms with Crippen molar-refractivity contribution in [2.24, 2.45) is 0 Å². The van der Waals surface area contributed by atoms with Crippen molar-refractivity contribution in [3.05, 3.63) is 29.3 Å².